The normalized spacial score (nSPS) is 13.9. The van der Waals surface area contributed by atoms with Gasteiger partial charge >= 0.3 is 0 Å². The smallest absolute Gasteiger partial charge is 0.258 e. The number of hydrogen-bond acceptors (Lipinski definition) is 4. The molecule has 32 heavy (non-hydrogen) atoms. The molecule has 0 unspecified atom stereocenters. The number of hydrogen-bond donors (Lipinski definition) is 0. The second kappa shape index (κ2) is 9.60. The molecule has 1 amide bonds. The lowest BCUT2D eigenvalue weighted by Gasteiger charge is -2.13. The first-order chi connectivity index (χ1) is 15.6. The van der Waals surface area contributed by atoms with Crippen LogP contribution in [0.4, 0.5) is 5.69 Å². The lowest BCUT2D eigenvalue weighted by molar-refractivity contribution is -0.112. The van der Waals surface area contributed by atoms with Crippen molar-refractivity contribution in [2.75, 3.05) is 31.8 Å². The van der Waals surface area contributed by atoms with Crippen molar-refractivity contribution in [3.8, 4) is 17.2 Å². The molecule has 4 rings (SSSR count). The molecule has 0 N–H and O–H groups in total. The molecule has 3 aromatic rings. The Balaban J connectivity index is 1.47. The van der Waals surface area contributed by atoms with Crippen molar-refractivity contribution in [1.82, 2.24) is 0 Å². The first kappa shape index (κ1) is 21.5. The van der Waals surface area contributed by atoms with E-state index in [1.54, 1.807) is 11.9 Å². The van der Waals surface area contributed by atoms with E-state index in [1.165, 1.54) is 5.56 Å². The number of nitrogens with zero attached hydrogens (tertiary/aromatic N) is 1. The van der Waals surface area contributed by atoms with E-state index >= 15 is 0 Å². The average molecular weight is 430 g/mol. The fourth-order valence-electron chi connectivity index (χ4n) is 3.65. The van der Waals surface area contributed by atoms with Crippen LogP contribution in [0, 0.1) is 6.92 Å². The summed E-state index contributed by atoms with van der Waals surface area (Å²) in [6.45, 7) is 5.31. The highest BCUT2D eigenvalue weighted by atomic mass is 16.5. The Labute approximate surface area is 188 Å². The van der Waals surface area contributed by atoms with E-state index in [0.29, 0.717) is 36.9 Å². The number of anilines is 1. The Morgan fingerprint density at radius 2 is 1.62 bits per heavy atom. The van der Waals surface area contributed by atoms with E-state index in [0.717, 1.165) is 22.6 Å². The van der Waals surface area contributed by atoms with Crippen molar-refractivity contribution in [2.45, 2.75) is 13.8 Å². The molecule has 5 nitrogen and oxygen atoms in total. The van der Waals surface area contributed by atoms with Gasteiger partial charge in [-0.05, 0) is 55.8 Å². The maximum Gasteiger partial charge on any atom is 0.258 e. The zero-order chi connectivity index (χ0) is 22.5. The van der Waals surface area contributed by atoms with Gasteiger partial charge in [0.2, 0.25) is 0 Å². The third kappa shape index (κ3) is 4.62. The highest BCUT2D eigenvalue weighted by Crippen LogP contribution is 2.37. The largest absolute Gasteiger partial charge is 0.490 e. The zero-order valence-corrected chi connectivity index (χ0v) is 18.6. The number of carbonyl (C=O) groups is 1. The van der Waals surface area contributed by atoms with Crippen LogP contribution in [0.1, 0.15) is 23.6 Å². The number of benzene rings is 3. The van der Waals surface area contributed by atoms with E-state index in [-0.39, 0.29) is 5.91 Å². The summed E-state index contributed by atoms with van der Waals surface area (Å²) >= 11 is 0. The predicted octanol–water partition coefficient (Wildman–Crippen LogP) is 5.37. The molecule has 1 aliphatic rings. The third-order valence-corrected chi connectivity index (χ3v) is 5.30. The Hall–Kier alpha value is -3.73. The summed E-state index contributed by atoms with van der Waals surface area (Å²) in [5, 5.41) is 0. The van der Waals surface area contributed by atoms with Gasteiger partial charge in [0, 0.05) is 18.2 Å². The molecular weight excluding hydrogens is 402 g/mol. The molecule has 0 aliphatic carbocycles. The van der Waals surface area contributed by atoms with Crippen LogP contribution in [-0.4, -0.2) is 32.8 Å². The van der Waals surface area contributed by atoms with E-state index in [9.17, 15) is 4.79 Å². The van der Waals surface area contributed by atoms with Crippen molar-refractivity contribution in [3.63, 3.8) is 0 Å². The molecular formula is C27H27NO4. The fourth-order valence-corrected chi connectivity index (χ4v) is 3.65. The van der Waals surface area contributed by atoms with Gasteiger partial charge in [-0.3, -0.25) is 4.79 Å². The summed E-state index contributed by atoms with van der Waals surface area (Å²) < 4.78 is 17.4. The summed E-state index contributed by atoms with van der Waals surface area (Å²) in [7, 11) is 1.79. The van der Waals surface area contributed by atoms with Crippen molar-refractivity contribution in [3.05, 3.63) is 83.4 Å². The second-order valence-corrected chi connectivity index (χ2v) is 7.59. The van der Waals surface area contributed by atoms with E-state index in [1.807, 2.05) is 86.7 Å². The number of likely N-dealkylation sites (N-methyl/N-ethyl adjacent to an activating group) is 1. The molecule has 0 radical (unpaired) electrons. The zero-order valence-electron chi connectivity index (χ0n) is 18.6. The standard InChI is InChI=1S/C27H27NO4/c1-4-30-26-18-20(17-23-22-7-5-6-8-24(22)28(3)27(23)29)11-14-25(26)32-16-15-31-21-12-9-19(2)10-13-21/h5-14,17-18H,4,15-16H2,1-3H3/b23-17+. The van der Waals surface area contributed by atoms with Gasteiger partial charge in [-0.25, -0.2) is 0 Å². The first-order valence-electron chi connectivity index (χ1n) is 10.7. The summed E-state index contributed by atoms with van der Waals surface area (Å²) in [5.74, 6) is 2.09. The Kier molecular flexibility index (Phi) is 6.45. The molecule has 0 saturated carbocycles. The quantitative estimate of drug-likeness (QED) is 0.357. The molecule has 3 aromatic carbocycles. The van der Waals surface area contributed by atoms with E-state index < -0.39 is 0 Å². The van der Waals surface area contributed by atoms with Crippen LogP contribution in [0.5, 0.6) is 17.2 Å². The number of carbonyl (C=O) groups excluding carboxylic acids is 1. The van der Waals surface area contributed by atoms with Crippen LogP contribution in [0.15, 0.2) is 66.7 Å². The minimum absolute atomic E-state index is 0.0160. The molecule has 164 valence electrons. The number of amides is 1. The number of rotatable bonds is 8. The average Bonchev–Trinajstić information content (AvgIpc) is 3.04. The molecule has 0 fully saturated rings. The van der Waals surface area contributed by atoms with Crippen LogP contribution in [-0.2, 0) is 4.79 Å². The molecule has 0 bridgehead atoms. The predicted molar refractivity (Wildman–Crippen MR) is 128 cm³/mol. The Morgan fingerprint density at radius 3 is 2.41 bits per heavy atom. The fraction of sp³-hybridized carbons (Fsp3) is 0.222. The minimum Gasteiger partial charge on any atom is -0.490 e. The Bertz CT molecular complexity index is 1130. The molecule has 0 aromatic heterocycles. The minimum atomic E-state index is -0.0160. The maximum absolute atomic E-state index is 12.7. The summed E-state index contributed by atoms with van der Waals surface area (Å²) in [6.07, 6.45) is 1.90. The van der Waals surface area contributed by atoms with Gasteiger partial charge in [-0.2, -0.15) is 0 Å². The maximum atomic E-state index is 12.7. The van der Waals surface area contributed by atoms with Crippen LogP contribution < -0.4 is 19.1 Å². The van der Waals surface area contributed by atoms with Crippen molar-refractivity contribution >= 4 is 23.2 Å². The molecule has 5 heteroatoms. The van der Waals surface area contributed by atoms with E-state index in [2.05, 4.69) is 0 Å². The second-order valence-electron chi connectivity index (χ2n) is 7.59. The summed E-state index contributed by atoms with van der Waals surface area (Å²) in [5.41, 5.74) is 4.60. The highest BCUT2D eigenvalue weighted by molar-refractivity contribution is 6.35. The van der Waals surface area contributed by atoms with Gasteiger partial charge in [0.15, 0.2) is 11.5 Å². The molecule has 0 saturated heterocycles. The van der Waals surface area contributed by atoms with Gasteiger partial charge in [0.25, 0.3) is 5.91 Å². The van der Waals surface area contributed by atoms with Crippen LogP contribution in [0.3, 0.4) is 0 Å². The van der Waals surface area contributed by atoms with E-state index in [4.69, 9.17) is 14.2 Å². The lowest BCUT2D eigenvalue weighted by atomic mass is 10.0. The Morgan fingerprint density at radius 1 is 0.875 bits per heavy atom. The van der Waals surface area contributed by atoms with Gasteiger partial charge < -0.3 is 19.1 Å². The summed E-state index contributed by atoms with van der Waals surface area (Å²) in [6, 6.07) is 21.4. The molecule has 1 heterocycles. The first-order valence-corrected chi connectivity index (χ1v) is 10.7. The summed E-state index contributed by atoms with van der Waals surface area (Å²) in [4.78, 5) is 14.4. The number of aryl methyl sites for hydroxylation is 1. The van der Waals surface area contributed by atoms with Gasteiger partial charge in [-0.15, -0.1) is 0 Å². The SMILES string of the molecule is CCOc1cc(/C=C2/C(=O)N(C)c3ccccc32)ccc1OCCOc1ccc(C)cc1. The molecule has 0 atom stereocenters. The third-order valence-electron chi connectivity index (χ3n) is 5.30. The van der Waals surface area contributed by atoms with Crippen molar-refractivity contribution in [2.24, 2.45) is 0 Å². The molecule has 0 spiro atoms. The van der Waals surface area contributed by atoms with Gasteiger partial charge in [-0.1, -0.05) is 42.0 Å². The molecule has 1 aliphatic heterocycles. The van der Waals surface area contributed by atoms with Crippen LogP contribution in [0.25, 0.3) is 11.6 Å². The van der Waals surface area contributed by atoms with Crippen molar-refractivity contribution in [1.29, 1.82) is 0 Å². The lowest BCUT2D eigenvalue weighted by Crippen LogP contribution is -2.20. The van der Waals surface area contributed by atoms with Crippen LogP contribution in [0.2, 0.25) is 0 Å². The van der Waals surface area contributed by atoms with Gasteiger partial charge in [0.05, 0.1) is 12.3 Å². The number of ether oxygens (including phenoxy) is 3. The van der Waals surface area contributed by atoms with Crippen LogP contribution >= 0.6 is 0 Å². The number of fused-ring (bicyclic) bond motifs is 1. The topological polar surface area (TPSA) is 48.0 Å². The van der Waals surface area contributed by atoms with Gasteiger partial charge in [0.1, 0.15) is 19.0 Å². The van der Waals surface area contributed by atoms with Crippen molar-refractivity contribution < 1.29 is 19.0 Å². The number of para-hydroxylation sites is 1. The highest BCUT2D eigenvalue weighted by Gasteiger charge is 2.29. The monoisotopic (exact) mass is 429 g/mol.